The number of nitrogens with zero attached hydrogens (tertiary/aromatic N) is 1. The van der Waals surface area contributed by atoms with Crippen molar-refractivity contribution in [2.75, 3.05) is 79.5 Å². The average molecular weight is 540 g/mol. The topological polar surface area (TPSA) is 171 Å². The summed E-state index contributed by atoms with van der Waals surface area (Å²) in [6.45, 7) is 5.47. The van der Waals surface area contributed by atoms with Crippen molar-refractivity contribution < 1.29 is 33.6 Å². The van der Waals surface area contributed by atoms with Crippen LogP contribution in [-0.4, -0.2) is 102 Å². The van der Waals surface area contributed by atoms with Crippen molar-refractivity contribution in [3.8, 4) is 0 Å². The summed E-state index contributed by atoms with van der Waals surface area (Å²) in [6.07, 6.45) is 4.05. The van der Waals surface area contributed by atoms with Crippen LogP contribution in [0.3, 0.4) is 0 Å². The highest BCUT2D eigenvalue weighted by Crippen LogP contribution is 2.13. The predicted molar refractivity (Wildman–Crippen MR) is 145 cm³/mol. The molecule has 12 nitrogen and oxygen atoms in total. The smallest absolute Gasteiger partial charge is 0.303 e. The summed E-state index contributed by atoms with van der Waals surface area (Å²) in [5.41, 5.74) is 7.57. The van der Waals surface area contributed by atoms with Gasteiger partial charge in [0.15, 0.2) is 0 Å². The lowest BCUT2D eigenvalue weighted by Crippen LogP contribution is -2.30. The average Bonchev–Trinajstić information content (AvgIpc) is 2.91. The molecule has 1 aromatic rings. The molecule has 1 aromatic carbocycles. The van der Waals surface area contributed by atoms with Crippen LogP contribution in [0.15, 0.2) is 30.5 Å². The molecule has 0 radical (unpaired) electrons. The number of amides is 1. The normalized spacial score (nSPS) is 11.4. The van der Waals surface area contributed by atoms with Crippen LogP contribution in [0.25, 0.3) is 5.70 Å². The molecule has 0 unspecified atom stereocenters. The summed E-state index contributed by atoms with van der Waals surface area (Å²) in [7, 11) is 1.80. The minimum Gasteiger partial charge on any atom is -0.481 e. The summed E-state index contributed by atoms with van der Waals surface area (Å²) < 4.78 is 21.6. The molecule has 0 aliphatic carbocycles. The van der Waals surface area contributed by atoms with Crippen LogP contribution in [0.2, 0.25) is 0 Å². The van der Waals surface area contributed by atoms with Crippen molar-refractivity contribution in [1.82, 2.24) is 15.6 Å². The number of rotatable bonds is 24. The maximum Gasteiger partial charge on any atom is 0.303 e. The third kappa shape index (κ3) is 16.9. The van der Waals surface area contributed by atoms with E-state index in [2.05, 4.69) is 10.6 Å². The predicted octanol–water partition coefficient (Wildman–Crippen LogP) is 0.780. The number of carboxylic acids is 1. The summed E-state index contributed by atoms with van der Waals surface area (Å²) in [6, 6.07) is 7.21. The molecule has 38 heavy (non-hydrogen) atoms. The van der Waals surface area contributed by atoms with E-state index in [0.717, 1.165) is 24.1 Å². The standard InChI is InChI=1S/C26H45N5O7/c1-29-24(21-31(28)12-14-36-16-18-38-20-19-37-17-15-35-13-10-27)22-6-8-23(9-7-22)26(34)30-11-4-2-3-5-25(32)33/h6-9,21,29H,2-5,10-20,27-28H2,1H3,(H,30,34)(H,32,33)/b24-21-. The van der Waals surface area contributed by atoms with Crippen molar-refractivity contribution in [3.05, 3.63) is 41.6 Å². The summed E-state index contributed by atoms with van der Waals surface area (Å²) in [4.78, 5) is 22.8. The van der Waals surface area contributed by atoms with Crippen LogP contribution in [0.4, 0.5) is 0 Å². The monoisotopic (exact) mass is 539 g/mol. The molecule has 7 N–H and O–H groups in total. The van der Waals surface area contributed by atoms with E-state index in [9.17, 15) is 9.59 Å². The third-order valence-electron chi connectivity index (χ3n) is 5.25. The van der Waals surface area contributed by atoms with E-state index in [1.54, 1.807) is 25.4 Å². The molecule has 0 fully saturated rings. The van der Waals surface area contributed by atoms with E-state index in [1.165, 1.54) is 5.01 Å². The number of hydrogen-bond acceptors (Lipinski definition) is 10. The van der Waals surface area contributed by atoms with Crippen molar-refractivity contribution >= 4 is 17.6 Å². The lowest BCUT2D eigenvalue weighted by molar-refractivity contribution is -0.137. The number of hydrogen-bond donors (Lipinski definition) is 5. The number of unbranched alkanes of at least 4 members (excludes halogenated alkanes) is 2. The number of aliphatic carboxylic acids is 1. The fraction of sp³-hybridized carbons (Fsp3) is 0.615. The minimum atomic E-state index is -0.796. The fourth-order valence-electron chi connectivity index (χ4n) is 3.21. The zero-order chi connectivity index (χ0) is 27.8. The van der Waals surface area contributed by atoms with Gasteiger partial charge in [0, 0.05) is 38.3 Å². The largest absolute Gasteiger partial charge is 0.481 e. The molecule has 216 valence electrons. The quantitative estimate of drug-likeness (QED) is 0.0714. The number of hydrazine groups is 1. The van der Waals surface area contributed by atoms with Gasteiger partial charge in [-0.05, 0) is 30.5 Å². The number of ether oxygens (including phenoxy) is 4. The van der Waals surface area contributed by atoms with E-state index in [1.807, 2.05) is 12.1 Å². The Hall–Kier alpha value is -2.74. The first-order valence-corrected chi connectivity index (χ1v) is 13.0. The lowest BCUT2D eigenvalue weighted by Gasteiger charge is -2.17. The Kier molecular flexibility index (Phi) is 19.5. The molecule has 0 saturated heterocycles. The summed E-state index contributed by atoms with van der Waals surface area (Å²) in [5.74, 6) is 5.13. The molecular formula is C26H45N5O7. The van der Waals surface area contributed by atoms with Crippen LogP contribution in [0.5, 0.6) is 0 Å². The zero-order valence-electron chi connectivity index (χ0n) is 22.5. The van der Waals surface area contributed by atoms with Gasteiger partial charge in [0.05, 0.1) is 65.1 Å². The molecule has 1 rings (SSSR count). The summed E-state index contributed by atoms with van der Waals surface area (Å²) >= 11 is 0. The zero-order valence-corrected chi connectivity index (χ0v) is 22.5. The van der Waals surface area contributed by atoms with E-state index in [-0.39, 0.29) is 12.3 Å². The second kappa shape index (κ2) is 22.3. The highest BCUT2D eigenvalue weighted by Gasteiger charge is 2.07. The van der Waals surface area contributed by atoms with Gasteiger partial charge in [-0.15, -0.1) is 0 Å². The second-order valence-electron chi connectivity index (χ2n) is 8.31. The van der Waals surface area contributed by atoms with Gasteiger partial charge in [0.2, 0.25) is 0 Å². The molecule has 0 saturated carbocycles. The molecule has 0 bridgehead atoms. The molecule has 1 amide bonds. The van der Waals surface area contributed by atoms with E-state index in [0.29, 0.717) is 84.5 Å². The van der Waals surface area contributed by atoms with E-state index < -0.39 is 5.97 Å². The van der Waals surface area contributed by atoms with Crippen molar-refractivity contribution in [3.63, 3.8) is 0 Å². The van der Waals surface area contributed by atoms with Crippen LogP contribution in [0, 0.1) is 0 Å². The number of carboxylic acid groups (broad SMARTS) is 1. The summed E-state index contributed by atoms with van der Waals surface area (Å²) in [5, 5.41) is 16.2. The number of carbonyl (C=O) groups is 2. The highest BCUT2D eigenvalue weighted by atomic mass is 16.6. The number of benzene rings is 1. The first kappa shape index (κ1) is 33.3. The van der Waals surface area contributed by atoms with Crippen molar-refractivity contribution in [2.24, 2.45) is 11.6 Å². The van der Waals surface area contributed by atoms with E-state index >= 15 is 0 Å². The lowest BCUT2D eigenvalue weighted by atomic mass is 10.1. The van der Waals surface area contributed by atoms with Crippen molar-refractivity contribution in [1.29, 1.82) is 0 Å². The molecule has 0 atom stereocenters. The number of carbonyl (C=O) groups excluding carboxylic acids is 1. The Morgan fingerprint density at radius 2 is 1.42 bits per heavy atom. The molecule has 0 aliphatic rings. The van der Waals surface area contributed by atoms with Gasteiger partial charge >= 0.3 is 5.97 Å². The molecule has 0 aromatic heterocycles. The highest BCUT2D eigenvalue weighted by molar-refractivity contribution is 5.94. The minimum absolute atomic E-state index is 0.156. The Morgan fingerprint density at radius 1 is 0.868 bits per heavy atom. The van der Waals surface area contributed by atoms with Crippen molar-refractivity contribution in [2.45, 2.75) is 25.7 Å². The second-order valence-corrected chi connectivity index (χ2v) is 8.31. The SMILES string of the molecule is CN/C(=C\N(N)CCOCCOCCOCCOCCN)c1ccc(C(=O)NCCCCCC(=O)O)cc1. The molecule has 0 heterocycles. The van der Waals surface area contributed by atoms with Gasteiger partial charge in [0.25, 0.3) is 5.91 Å². The number of nitrogens with one attached hydrogen (secondary N) is 2. The van der Waals surface area contributed by atoms with Gasteiger partial charge in [-0.2, -0.15) is 0 Å². The first-order valence-electron chi connectivity index (χ1n) is 13.0. The Balaban J connectivity index is 2.23. The van der Waals surface area contributed by atoms with Gasteiger partial charge < -0.3 is 45.4 Å². The first-order chi connectivity index (χ1) is 18.5. The van der Waals surface area contributed by atoms with Crippen LogP contribution < -0.4 is 22.2 Å². The molecular weight excluding hydrogens is 494 g/mol. The van der Waals surface area contributed by atoms with Gasteiger partial charge in [-0.25, -0.2) is 5.84 Å². The van der Waals surface area contributed by atoms with Crippen LogP contribution in [-0.2, 0) is 23.7 Å². The third-order valence-corrected chi connectivity index (χ3v) is 5.25. The maximum absolute atomic E-state index is 12.3. The molecule has 12 heteroatoms. The Labute approximate surface area is 225 Å². The molecule has 0 aliphatic heterocycles. The fourth-order valence-corrected chi connectivity index (χ4v) is 3.21. The number of nitrogens with two attached hydrogens (primary N) is 2. The van der Waals surface area contributed by atoms with Gasteiger partial charge in [-0.1, -0.05) is 18.6 Å². The Morgan fingerprint density at radius 3 is 1.97 bits per heavy atom. The van der Waals surface area contributed by atoms with Gasteiger partial charge in [-0.3, -0.25) is 9.59 Å². The van der Waals surface area contributed by atoms with Crippen LogP contribution >= 0.6 is 0 Å². The van der Waals surface area contributed by atoms with E-state index in [4.69, 9.17) is 35.6 Å². The Bertz CT molecular complexity index is 793. The molecule has 0 spiro atoms. The van der Waals surface area contributed by atoms with Gasteiger partial charge in [0.1, 0.15) is 0 Å². The maximum atomic E-state index is 12.3. The van der Waals surface area contributed by atoms with Crippen LogP contribution in [0.1, 0.15) is 41.6 Å².